The number of carbonyl (C=O) groups is 1. The summed E-state index contributed by atoms with van der Waals surface area (Å²) >= 11 is 6.10. The predicted molar refractivity (Wildman–Crippen MR) is 83.9 cm³/mol. The summed E-state index contributed by atoms with van der Waals surface area (Å²) in [6.07, 6.45) is 0.958. The summed E-state index contributed by atoms with van der Waals surface area (Å²) in [6, 6.07) is 14.6. The van der Waals surface area contributed by atoms with Gasteiger partial charge in [0.2, 0.25) is 5.91 Å². The van der Waals surface area contributed by atoms with Crippen LogP contribution in [-0.2, 0) is 4.79 Å². The van der Waals surface area contributed by atoms with Crippen molar-refractivity contribution in [1.82, 2.24) is 0 Å². The third-order valence-corrected chi connectivity index (χ3v) is 3.96. The highest BCUT2D eigenvalue weighted by atomic mass is 35.5. The van der Waals surface area contributed by atoms with Crippen molar-refractivity contribution >= 4 is 23.2 Å². The van der Waals surface area contributed by atoms with E-state index in [-0.39, 0.29) is 11.8 Å². The van der Waals surface area contributed by atoms with Crippen molar-refractivity contribution in [3.05, 3.63) is 53.6 Å². The topological polar surface area (TPSA) is 38.3 Å². The lowest BCUT2D eigenvalue weighted by atomic mass is 10.2. The van der Waals surface area contributed by atoms with Gasteiger partial charge in [0.05, 0.1) is 10.7 Å². The quantitative estimate of drug-likeness (QED) is 0.887. The molecular formula is C17H16ClNO2. The van der Waals surface area contributed by atoms with Gasteiger partial charge in [-0.2, -0.15) is 0 Å². The summed E-state index contributed by atoms with van der Waals surface area (Å²) in [4.78, 5) is 12.1. The maximum Gasteiger partial charge on any atom is 0.227 e. The molecule has 3 nitrogen and oxygen atoms in total. The van der Waals surface area contributed by atoms with Crippen LogP contribution in [0.1, 0.15) is 13.3 Å². The van der Waals surface area contributed by atoms with Gasteiger partial charge in [-0.1, -0.05) is 42.8 Å². The second-order valence-corrected chi connectivity index (χ2v) is 5.74. The standard InChI is InChI=1S/C17H16ClNO2/c1-11-10-12(11)17(20)19-14-7-3-5-9-16(14)21-15-8-4-2-6-13(15)18/h2-9,11-12H,10H2,1H3,(H,19,20)/t11-,12-/m0/s1. The van der Waals surface area contributed by atoms with Gasteiger partial charge in [-0.3, -0.25) is 4.79 Å². The van der Waals surface area contributed by atoms with Gasteiger partial charge in [0.25, 0.3) is 0 Å². The molecule has 1 aliphatic carbocycles. The molecule has 3 rings (SSSR count). The largest absolute Gasteiger partial charge is 0.454 e. The zero-order valence-corrected chi connectivity index (χ0v) is 12.4. The van der Waals surface area contributed by atoms with Crippen LogP contribution in [0.3, 0.4) is 0 Å². The van der Waals surface area contributed by atoms with Crippen LogP contribution in [-0.4, -0.2) is 5.91 Å². The van der Waals surface area contributed by atoms with Gasteiger partial charge < -0.3 is 10.1 Å². The number of para-hydroxylation sites is 3. The van der Waals surface area contributed by atoms with E-state index in [0.29, 0.717) is 28.1 Å². The van der Waals surface area contributed by atoms with E-state index in [2.05, 4.69) is 12.2 Å². The molecule has 2 aromatic rings. The summed E-state index contributed by atoms with van der Waals surface area (Å²) in [6.45, 7) is 2.08. The highest BCUT2D eigenvalue weighted by Crippen LogP contribution is 2.40. The summed E-state index contributed by atoms with van der Waals surface area (Å²) in [5.41, 5.74) is 0.668. The molecule has 2 atom stereocenters. The van der Waals surface area contributed by atoms with E-state index in [1.165, 1.54) is 0 Å². The summed E-state index contributed by atoms with van der Waals surface area (Å²) in [7, 11) is 0. The summed E-state index contributed by atoms with van der Waals surface area (Å²) in [5.74, 6) is 1.81. The normalized spacial score (nSPS) is 19.9. The van der Waals surface area contributed by atoms with Gasteiger partial charge in [-0.25, -0.2) is 0 Å². The minimum Gasteiger partial charge on any atom is -0.454 e. The van der Waals surface area contributed by atoms with Gasteiger partial charge in [0.1, 0.15) is 5.75 Å². The van der Waals surface area contributed by atoms with Gasteiger partial charge in [-0.05, 0) is 36.6 Å². The lowest BCUT2D eigenvalue weighted by molar-refractivity contribution is -0.117. The first kappa shape index (κ1) is 14.0. The van der Waals surface area contributed by atoms with E-state index in [0.717, 1.165) is 6.42 Å². The molecule has 4 heteroatoms. The van der Waals surface area contributed by atoms with Crippen LogP contribution in [0, 0.1) is 11.8 Å². The van der Waals surface area contributed by atoms with Crippen molar-refractivity contribution in [2.75, 3.05) is 5.32 Å². The number of nitrogens with one attached hydrogen (secondary N) is 1. The van der Waals surface area contributed by atoms with Crippen LogP contribution in [0.4, 0.5) is 5.69 Å². The molecule has 0 spiro atoms. The lowest BCUT2D eigenvalue weighted by Crippen LogP contribution is -2.14. The first-order valence-electron chi connectivity index (χ1n) is 6.97. The number of ether oxygens (including phenoxy) is 1. The third kappa shape index (κ3) is 3.19. The molecule has 0 aliphatic heterocycles. The van der Waals surface area contributed by atoms with Gasteiger partial charge in [-0.15, -0.1) is 0 Å². The average Bonchev–Trinajstić information content (AvgIpc) is 3.20. The van der Waals surface area contributed by atoms with Crippen LogP contribution in [0.25, 0.3) is 0 Å². The monoisotopic (exact) mass is 301 g/mol. The van der Waals surface area contributed by atoms with Crippen LogP contribution >= 0.6 is 11.6 Å². The molecule has 0 heterocycles. The Morgan fingerprint density at radius 1 is 1.14 bits per heavy atom. The second kappa shape index (κ2) is 5.78. The maximum atomic E-state index is 12.1. The first-order valence-corrected chi connectivity index (χ1v) is 7.35. The third-order valence-electron chi connectivity index (χ3n) is 3.65. The van der Waals surface area contributed by atoms with Gasteiger partial charge >= 0.3 is 0 Å². The highest BCUT2D eigenvalue weighted by Gasteiger charge is 2.39. The Bertz CT molecular complexity index is 671. The number of benzene rings is 2. The molecule has 1 saturated carbocycles. The predicted octanol–water partition coefficient (Wildman–Crippen LogP) is 4.73. The van der Waals surface area contributed by atoms with E-state index in [4.69, 9.17) is 16.3 Å². The number of halogens is 1. The Hall–Kier alpha value is -2.00. The highest BCUT2D eigenvalue weighted by molar-refractivity contribution is 6.32. The molecule has 2 aromatic carbocycles. The zero-order valence-electron chi connectivity index (χ0n) is 11.7. The van der Waals surface area contributed by atoms with Crippen LogP contribution in [0.2, 0.25) is 5.02 Å². The van der Waals surface area contributed by atoms with E-state index in [1.807, 2.05) is 36.4 Å². The average molecular weight is 302 g/mol. The molecule has 0 aromatic heterocycles. The Morgan fingerprint density at radius 2 is 1.76 bits per heavy atom. The molecule has 1 fully saturated rings. The number of rotatable bonds is 4. The number of anilines is 1. The summed E-state index contributed by atoms with van der Waals surface area (Å²) < 4.78 is 5.82. The van der Waals surface area contributed by atoms with Gasteiger partial charge in [0.15, 0.2) is 5.75 Å². The molecule has 108 valence electrons. The van der Waals surface area contributed by atoms with Crippen molar-refractivity contribution < 1.29 is 9.53 Å². The molecule has 0 bridgehead atoms. The van der Waals surface area contributed by atoms with Gasteiger partial charge in [0, 0.05) is 5.92 Å². The van der Waals surface area contributed by atoms with Crippen molar-refractivity contribution in [2.24, 2.45) is 11.8 Å². The molecule has 0 saturated heterocycles. The fourth-order valence-corrected chi connectivity index (χ4v) is 2.39. The Morgan fingerprint density at radius 3 is 2.43 bits per heavy atom. The van der Waals surface area contributed by atoms with E-state index in [9.17, 15) is 4.79 Å². The van der Waals surface area contributed by atoms with Crippen molar-refractivity contribution in [1.29, 1.82) is 0 Å². The zero-order chi connectivity index (χ0) is 14.8. The fraction of sp³-hybridized carbons (Fsp3) is 0.235. The fourth-order valence-electron chi connectivity index (χ4n) is 2.22. The van der Waals surface area contributed by atoms with Crippen LogP contribution in [0.5, 0.6) is 11.5 Å². The first-order chi connectivity index (χ1) is 10.1. The van der Waals surface area contributed by atoms with Crippen molar-refractivity contribution in [3.8, 4) is 11.5 Å². The Balaban J connectivity index is 1.79. The lowest BCUT2D eigenvalue weighted by Gasteiger charge is -2.13. The van der Waals surface area contributed by atoms with Crippen LogP contribution < -0.4 is 10.1 Å². The van der Waals surface area contributed by atoms with E-state index < -0.39 is 0 Å². The van der Waals surface area contributed by atoms with E-state index >= 15 is 0 Å². The Labute approximate surface area is 128 Å². The maximum absolute atomic E-state index is 12.1. The molecule has 21 heavy (non-hydrogen) atoms. The summed E-state index contributed by atoms with van der Waals surface area (Å²) in [5, 5.41) is 3.47. The minimum absolute atomic E-state index is 0.0534. The SMILES string of the molecule is C[C@H]1C[C@@H]1C(=O)Nc1ccccc1Oc1ccccc1Cl. The number of hydrogen-bond acceptors (Lipinski definition) is 2. The minimum atomic E-state index is 0.0534. The van der Waals surface area contributed by atoms with Crippen molar-refractivity contribution in [3.63, 3.8) is 0 Å². The molecular weight excluding hydrogens is 286 g/mol. The molecule has 1 amide bonds. The molecule has 1 aliphatic rings. The number of amides is 1. The molecule has 0 radical (unpaired) electrons. The van der Waals surface area contributed by atoms with Crippen LogP contribution in [0.15, 0.2) is 48.5 Å². The Kier molecular flexibility index (Phi) is 3.84. The van der Waals surface area contributed by atoms with E-state index in [1.54, 1.807) is 12.1 Å². The molecule has 1 N–H and O–H groups in total. The number of hydrogen-bond donors (Lipinski definition) is 1. The second-order valence-electron chi connectivity index (χ2n) is 5.34. The molecule has 0 unspecified atom stereocenters. The van der Waals surface area contributed by atoms with Crippen molar-refractivity contribution in [2.45, 2.75) is 13.3 Å². The smallest absolute Gasteiger partial charge is 0.227 e. The number of carbonyl (C=O) groups excluding carboxylic acids is 1.